The molecule has 1 unspecified atom stereocenters. The molecular weight excluding hydrogens is 180 g/mol. The van der Waals surface area contributed by atoms with Gasteiger partial charge in [-0.3, -0.25) is 9.97 Å². The van der Waals surface area contributed by atoms with Crippen LogP contribution in [0.5, 0.6) is 0 Å². The summed E-state index contributed by atoms with van der Waals surface area (Å²) in [5.41, 5.74) is 1.49. The van der Waals surface area contributed by atoms with E-state index in [4.69, 9.17) is 4.74 Å². The molecule has 0 spiro atoms. The lowest BCUT2D eigenvalue weighted by Gasteiger charge is -2.08. The van der Waals surface area contributed by atoms with Gasteiger partial charge in [0.1, 0.15) is 0 Å². The second-order valence-electron chi connectivity index (χ2n) is 3.23. The zero-order chi connectivity index (χ0) is 10.4. The van der Waals surface area contributed by atoms with Crippen LogP contribution < -0.4 is 0 Å². The van der Waals surface area contributed by atoms with Gasteiger partial charge in [-0.25, -0.2) is 0 Å². The first-order chi connectivity index (χ1) is 6.74. The van der Waals surface area contributed by atoms with Crippen molar-refractivity contribution in [1.29, 1.82) is 0 Å². The fraction of sp³-hybridized carbons (Fsp3) is 0.600. The molecule has 4 nitrogen and oxygen atoms in total. The lowest BCUT2D eigenvalue weighted by molar-refractivity contribution is 0.133. The predicted molar refractivity (Wildman–Crippen MR) is 52.8 cm³/mol. The minimum atomic E-state index is -0.529. The van der Waals surface area contributed by atoms with E-state index in [0.29, 0.717) is 18.7 Å². The lowest BCUT2D eigenvalue weighted by atomic mass is 10.1. The van der Waals surface area contributed by atoms with E-state index >= 15 is 0 Å². The molecule has 1 atom stereocenters. The Bertz CT molecular complexity index is 261. The van der Waals surface area contributed by atoms with E-state index in [0.717, 1.165) is 12.1 Å². The molecule has 1 heterocycles. The summed E-state index contributed by atoms with van der Waals surface area (Å²) in [6, 6.07) is 0. The molecule has 0 aliphatic carbocycles. The second kappa shape index (κ2) is 5.67. The summed E-state index contributed by atoms with van der Waals surface area (Å²) in [7, 11) is 1.65. The Labute approximate surface area is 84.0 Å². The molecule has 0 saturated heterocycles. The average Bonchev–Trinajstić information content (AvgIpc) is 2.19. The molecule has 78 valence electrons. The molecule has 14 heavy (non-hydrogen) atoms. The van der Waals surface area contributed by atoms with Crippen molar-refractivity contribution in [3.8, 4) is 0 Å². The van der Waals surface area contributed by atoms with Crippen molar-refractivity contribution in [2.45, 2.75) is 25.9 Å². The Morgan fingerprint density at radius 1 is 1.43 bits per heavy atom. The van der Waals surface area contributed by atoms with Gasteiger partial charge < -0.3 is 9.84 Å². The molecule has 0 aliphatic heterocycles. The minimum Gasteiger partial charge on any atom is -0.387 e. The van der Waals surface area contributed by atoms with E-state index in [-0.39, 0.29) is 0 Å². The number of aryl methyl sites for hydroxylation is 1. The van der Waals surface area contributed by atoms with Crippen molar-refractivity contribution in [1.82, 2.24) is 9.97 Å². The minimum absolute atomic E-state index is 0.529. The summed E-state index contributed by atoms with van der Waals surface area (Å²) in [6.45, 7) is 2.53. The molecule has 1 aromatic rings. The van der Waals surface area contributed by atoms with Crippen LogP contribution in [-0.2, 0) is 4.74 Å². The van der Waals surface area contributed by atoms with Gasteiger partial charge in [-0.2, -0.15) is 0 Å². The Balaban J connectivity index is 2.43. The van der Waals surface area contributed by atoms with Crippen LogP contribution in [0.3, 0.4) is 0 Å². The van der Waals surface area contributed by atoms with Gasteiger partial charge in [-0.1, -0.05) is 0 Å². The fourth-order valence-electron chi connectivity index (χ4n) is 1.14. The molecular formula is C10H16N2O2. The summed E-state index contributed by atoms with van der Waals surface area (Å²) in [5.74, 6) is 0. The summed E-state index contributed by atoms with van der Waals surface area (Å²) >= 11 is 0. The number of hydrogen-bond donors (Lipinski definition) is 1. The standard InChI is InChI=1S/C10H16N2O2/c1-8-6-12-9(7-11-8)10(13)4-3-5-14-2/h6-7,10,13H,3-5H2,1-2H3. The van der Waals surface area contributed by atoms with E-state index in [2.05, 4.69) is 9.97 Å². The quantitative estimate of drug-likeness (QED) is 0.720. The van der Waals surface area contributed by atoms with Gasteiger partial charge in [0.2, 0.25) is 0 Å². The zero-order valence-corrected chi connectivity index (χ0v) is 8.60. The van der Waals surface area contributed by atoms with Crippen molar-refractivity contribution >= 4 is 0 Å². The van der Waals surface area contributed by atoms with Crippen molar-refractivity contribution in [2.24, 2.45) is 0 Å². The number of methoxy groups -OCH3 is 1. The normalized spacial score (nSPS) is 12.8. The Morgan fingerprint density at radius 2 is 2.21 bits per heavy atom. The third-order valence-corrected chi connectivity index (χ3v) is 1.97. The summed E-state index contributed by atoms with van der Waals surface area (Å²) < 4.78 is 4.90. The van der Waals surface area contributed by atoms with Crippen LogP contribution in [0.1, 0.15) is 30.3 Å². The first-order valence-corrected chi connectivity index (χ1v) is 4.69. The first kappa shape index (κ1) is 11.1. The molecule has 0 fully saturated rings. The van der Waals surface area contributed by atoms with E-state index in [1.807, 2.05) is 6.92 Å². The molecule has 0 aliphatic rings. The maximum atomic E-state index is 9.68. The molecule has 0 bridgehead atoms. The Kier molecular flexibility index (Phi) is 4.49. The highest BCUT2D eigenvalue weighted by Gasteiger charge is 2.08. The van der Waals surface area contributed by atoms with E-state index in [1.54, 1.807) is 19.5 Å². The molecule has 0 amide bonds. The maximum absolute atomic E-state index is 9.68. The first-order valence-electron chi connectivity index (χ1n) is 4.69. The van der Waals surface area contributed by atoms with Crippen molar-refractivity contribution < 1.29 is 9.84 Å². The lowest BCUT2D eigenvalue weighted by Crippen LogP contribution is -2.03. The number of hydrogen-bond acceptors (Lipinski definition) is 4. The summed E-state index contributed by atoms with van der Waals surface area (Å²) in [6.07, 6.45) is 4.23. The van der Waals surface area contributed by atoms with Crippen LogP contribution in [-0.4, -0.2) is 28.8 Å². The maximum Gasteiger partial charge on any atom is 0.0976 e. The Morgan fingerprint density at radius 3 is 2.79 bits per heavy atom. The predicted octanol–water partition coefficient (Wildman–Crippen LogP) is 1.25. The van der Waals surface area contributed by atoms with Gasteiger partial charge >= 0.3 is 0 Å². The van der Waals surface area contributed by atoms with E-state index < -0.39 is 6.10 Å². The van der Waals surface area contributed by atoms with Crippen LogP contribution in [0.15, 0.2) is 12.4 Å². The zero-order valence-electron chi connectivity index (χ0n) is 8.60. The van der Waals surface area contributed by atoms with Crippen LogP contribution >= 0.6 is 0 Å². The van der Waals surface area contributed by atoms with Gasteiger partial charge in [0.05, 0.1) is 23.7 Å². The number of aliphatic hydroxyl groups is 1. The SMILES string of the molecule is COCCCC(O)c1cnc(C)cn1. The summed E-state index contributed by atoms with van der Waals surface area (Å²) in [5, 5.41) is 9.68. The monoisotopic (exact) mass is 196 g/mol. The number of rotatable bonds is 5. The fourth-order valence-corrected chi connectivity index (χ4v) is 1.14. The molecule has 4 heteroatoms. The third kappa shape index (κ3) is 3.40. The molecule has 1 N–H and O–H groups in total. The van der Waals surface area contributed by atoms with Crippen LogP contribution in [0.4, 0.5) is 0 Å². The highest BCUT2D eigenvalue weighted by molar-refractivity contribution is 5.03. The number of aromatic nitrogens is 2. The highest BCUT2D eigenvalue weighted by atomic mass is 16.5. The van der Waals surface area contributed by atoms with Crippen molar-refractivity contribution in [3.63, 3.8) is 0 Å². The molecule has 0 radical (unpaired) electrons. The number of nitrogens with zero attached hydrogens (tertiary/aromatic N) is 2. The largest absolute Gasteiger partial charge is 0.387 e. The van der Waals surface area contributed by atoms with Gasteiger partial charge in [-0.05, 0) is 19.8 Å². The number of aliphatic hydroxyl groups excluding tert-OH is 1. The molecule has 1 rings (SSSR count). The highest BCUT2D eigenvalue weighted by Crippen LogP contribution is 2.14. The van der Waals surface area contributed by atoms with E-state index in [9.17, 15) is 5.11 Å². The van der Waals surface area contributed by atoms with Crippen molar-refractivity contribution in [3.05, 3.63) is 23.8 Å². The van der Waals surface area contributed by atoms with E-state index in [1.165, 1.54) is 0 Å². The summed E-state index contributed by atoms with van der Waals surface area (Å²) in [4.78, 5) is 8.18. The van der Waals surface area contributed by atoms with Gasteiger partial charge in [0.15, 0.2) is 0 Å². The van der Waals surface area contributed by atoms with Gasteiger partial charge in [0.25, 0.3) is 0 Å². The topological polar surface area (TPSA) is 55.2 Å². The average molecular weight is 196 g/mol. The molecule has 0 aromatic carbocycles. The smallest absolute Gasteiger partial charge is 0.0976 e. The number of ether oxygens (including phenoxy) is 1. The van der Waals surface area contributed by atoms with Crippen molar-refractivity contribution in [2.75, 3.05) is 13.7 Å². The van der Waals surface area contributed by atoms with Gasteiger partial charge in [-0.15, -0.1) is 0 Å². The van der Waals surface area contributed by atoms with Crippen LogP contribution in [0, 0.1) is 6.92 Å². The Hall–Kier alpha value is -1.00. The van der Waals surface area contributed by atoms with Crippen LogP contribution in [0.25, 0.3) is 0 Å². The third-order valence-electron chi connectivity index (χ3n) is 1.97. The molecule has 1 aromatic heterocycles. The molecule has 0 saturated carbocycles. The van der Waals surface area contributed by atoms with Crippen LogP contribution in [0.2, 0.25) is 0 Å². The second-order valence-corrected chi connectivity index (χ2v) is 3.23. The van der Waals surface area contributed by atoms with Gasteiger partial charge in [0, 0.05) is 19.9 Å².